The van der Waals surface area contributed by atoms with E-state index in [0.717, 1.165) is 74.0 Å². The first-order valence-corrected chi connectivity index (χ1v) is 17.6. The summed E-state index contributed by atoms with van der Waals surface area (Å²) >= 11 is 0. The maximum absolute atomic E-state index is 13.4. The van der Waals surface area contributed by atoms with Crippen LogP contribution >= 0.6 is 0 Å². The van der Waals surface area contributed by atoms with Crippen LogP contribution in [0.25, 0.3) is 0 Å². The number of hydrazone groups is 1. The molecule has 1 saturated carbocycles. The van der Waals surface area contributed by atoms with Gasteiger partial charge >= 0.3 is 0 Å². The molecule has 1 heterocycles. The Morgan fingerprint density at radius 2 is 1.72 bits per heavy atom. The predicted molar refractivity (Wildman–Crippen MR) is 193 cm³/mol. The van der Waals surface area contributed by atoms with Crippen molar-refractivity contribution in [3.05, 3.63) is 77.4 Å². The standard InChI is InChI=1S/C39H50N4O7/c1-26(40-24-35(46)28-13-17-34(45)33(22-28)41-25-44)21-27-11-15-30(16-12-27)50-20-8-4-7-19-43-39(47)32-10-6-5-9-31(32)38(42-43)29-14-18-36(48-2)37(23-29)49-3/h11-18,22-23,25-26,31-32,35,40,45-46H,4-10,19-21,24H2,1-3H3,(H,41,44). The van der Waals surface area contributed by atoms with E-state index in [2.05, 4.69) is 29.7 Å². The van der Waals surface area contributed by atoms with Gasteiger partial charge in [-0.25, -0.2) is 5.01 Å². The van der Waals surface area contributed by atoms with E-state index in [9.17, 15) is 19.8 Å². The number of amides is 2. The number of aromatic hydroxyl groups is 1. The molecule has 1 aliphatic carbocycles. The summed E-state index contributed by atoms with van der Waals surface area (Å²) in [5, 5.41) is 32.8. The molecule has 4 N–H and O–H groups in total. The number of carbonyl (C=O) groups excluding carboxylic acids is 2. The summed E-state index contributed by atoms with van der Waals surface area (Å²) in [6, 6.07) is 18.7. The largest absolute Gasteiger partial charge is 0.506 e. The Morgan fingerprint density at radius 3 is 2.46 bits per heavy atom. The van der Waals surface area contributed by atoms with E-state index in [1.54, 1.807) is 31.4 Å². The minimum Gasteiger partial charge on any atom is -0.506 e. The van der Waals surface area contributed by atoms with Crippen LogP contribution in [0.3, 0.4) is 0 Å². The zero-order valence-electron chi connectivity index (χ0n) is 29.3. The molecular weight excluding hydrogens is 636 g/mol. The number of anilines is 1. The lowest BCUT2D eigenvalue weighted by Crippen LogP contribution is -2.46. The van der Waals surface area contributed by atoms with Gasteiger partial charge < -0.3 is 35.1 Å². The third-order valence-electron chi connectivity index (χ3n) is 9.62. The zero-order valence-corrected chi connectivity index (χ0v) is 29.3. The van der Waals surface area contributed by atoms with Crippen molar-refractivity contribution in [2.24, 2.45) is 16.9 Å². The fraction of sp³-hybridized carbons (Fsp3) is 0.462. The summed E-state index contributed by atoms with van der Waals surface area (Å²) in [6.45, 7) is 3.56. The van der Waals surface area contributed by atoms with Gasteiger partial charge in [0.25, 0.3) is 0 Å². The van der Waals surface area contributed by atoms with Crippen LogP contribution in [-0.2, 0) is 16.0 Å². The molecule has 2 amide bonds. The number of ether oxygens (including phenoxy) is 3. The Morgan fingerprint density at radius 1 is 0.960 bits per heavy atom. The number of carbonyl (C=O) groups is 2. The van der Waals surface area contributed by atoms with Crippen LogP contribution in [0.15, 0.2) is 65.8 Å². The molecule has 4 unspecified atom stereocenters. The number of hydrogen-bond acceptors (Lipinski definition) is 9. The zero-order chi connectivity index (χ0) is 35.5. The summed E-state index contributed by atoms with van der Waals surface area (Å²) in [7, 11) is 3.26. The van der Waals surface area contributed by atoms with Crippen molar-refractivity contribution in [3.63, 3.8) is 0 Å². The highest BCUT2D eigenvalue weighted by Gasteiger charge is 2.41. The quantitative estimate of drug-likeness (QED) is 0.0744. The summed E-state index contributed by atoms with van der Waals surface area (Å²) in [4.78, 5) is 24.2. The number of fused-ring (bicyclic) bond motifs is 1. The number of rotatable bonds is 18. The second-order valence-electron chi connectivity index (χ2n) is 13.1. The van der Waals surface area contributed by atoms with Crippen molar-refractivity contribution in [1.29, 1.82) is 0 Å². The highest BCUT2D eigenvalue weighted by molar-refractivity contribution is 6.07. The van der Waals surface area contributed by atoms with E-state index in [1.165, 1.54) is 6.07 Å². The first-order valence-electron chi connectivity index (χ1n) is 17.6. The average molecular weight is 687 g/mol. The van der Waals surface area contributed by atoms with Crippen molar-refractivity contribution in [3.8, 4) is 23.0 Å². The van der Waals surface area contributed by atoms with Crippen LogP contribution in [0, 0.1) is 11.8 Å². The molecule has 50 heavy (non-hydrogen) atoms. The molecule has 5 rings (SSSR count). The number of unbranched alkanes of at least 4 members (excludes halogenated alkanes) is 2. The Hall–Kier alpha value is -4.61. The van der Waals surface area contributed by atoms with Gasteiger partial charge in [0.1, 0.15) is 11.5 Å². The van der Waals surface area contributed by atoms with Gasteiger partial charge in [-0.2, -0.15) is 5.10 Å². The maximum Gasteiger partial charge on any atom is 0.246 e. The Kier molecular flexibility index (Phi) is 13.1. The van der Waals surface area contributed by atoms with Crippen molar-refractivity contribution < 1.29 is 34.0 Å². The minimum atomic E-state index is -0.792. The van der Waals surface area contributed by atoms with Crippen LogP contribution in [0.5, 0.6) is 23.0 Å². The van der Waals surface area contributed by atoms with Crippen LogP contribution in [0.4, 0.5) is 5.69 Å². The summed E-state index contributed by atoms with van der Waals surface area (Å²) in [5.74, 6) is 2.36. The van der Waals surface area contributed by atoms with Gasteiger partial charge in [-0.3, -0.25) is 9.59 Å². The number of nitrogens with zero attached hydrogens (tertiary/aromatic N) is 2. The summed E-state index contributed by atoms with van der Waals surface area (Å²) in [5.41, 5.74) is 3.96. The number of nitrogens with one attached hydrogen (secondary N) is 2. The van der Waals surface area contributed by atoms with E-state index < -0.39 is 6.10 Å². The third kappa shape index (κ3) is 9.34. The lowest BCUT2D eigenvalue weighted by Gasteiger charge is -2.38. The number of phenolic OH excluding ortho intramolecular Hbond substituents is 1. The second-order valence-corrected chi connectivity index (χ2v) is 13.1. The number of aliphatic hydroxyl groups excluding tert-OH is 1. The van der Waals surface area contributed by atoms with E-state index in [-0.39, 0.29) is 35.2 Å². The molecule has 0 spiro atoms. The Balaban J connectivity index is 1.05. The lowest BCUT2D eigenvalue weighted by atomic mass is 9.73. The van der Waals surface area contributed by atoms with Crippen LogP contribution in [-0.4, -0.2) is 73.2 Å². The molecule has 11 heteroatoms. The topological polar surface area (TPSA) is 142 Å². The number of hydrogen-bond donors (Lipinski definition) is 4. The first-order chi connectivity index (χ1) is 24.3. The van der Waals surface area contributed by atoms with Crippen molar-refractivity contribution in [2.75, 3.05) is 39.2 Å². The average Bonchev–Trinajstić information content (AvgIpc) is 3.14. The normalized spacial score (nSPS) is 18.4. The molecule has 3 aromatic carbocycles. The number of phenols is 1. The van der Waals surface area contributed by atoms with Crippen molar-refractivity contribution in [1.82, 2.24) is 10.3 Å². The van der Waals surface area contributed by atoms with Gasteiger partial charge in [0.15, 0.2) is 11.5 Å². The highest BCUT2D eigenvalue weighted by atomic mass is 16.5. The molecule has 0 bridgehead atoms. The molecule has 1 fully saturated rings. The number of benzene rings is 3. The van der Waals surface area contributed by atoms with Gasteiger partial charge in [0.2, 0.25) is 12.3 Å². The maximum atomic E-state index is 13.4. The lowest BCUT2D eigenvalue weighted by molar-refractivity contribution is -0.139. The molecule has 3 aromatic rings. The van der Waals surface area contributed by atoms with E-state index in [1.807, 2.05) is 30.3 Å². The molecule has 11 nitrogen and oxygen atoms in total. The van der Waals surface area contributed by atoms with Crippen LogP contribution in [0.2, 0.25) is 0 Å². The van der Waals surface area contributed by atoms with Crippen molar-refractivity contribution in [2.45, 2.75) is 70.4 Å². The first kappa shape index (κ1) is 36.7. The summed E-state index contributed by atoms with van der Waals surface area (Å²) < 4.78 is 17.0. The summed E-state index contributed by atoms with van der Waals surface area (Å²) in [6.07, 6.45) is 7.17. The molecule has 0 radical (unpaired) electrons. The van der Waals surface area contributed by atoms with Crippen LogP contribution in [0.1, 0.15) is 74.7 Å². The van der Waals surface area contributed by atoms with Gasteiger partial charge in [0, 0.05) is 36.5 Å². The predicted octanol–water partition coefficient (Wildman–Crippen LogP) is 5.83. The Bertz CT molecular complexity index is 1610. The fourth-order valence-corrected chi connectivity index (χ4v) is 6.87. The van der Waals surface area contributed by atoms with E-state index in [4.69, 9.17) is 19.3 Å². The second kappa shape index (κ2) is 17.9. The molecule has 0 aromatic heterocycles. The van der Waals surface area contributed by atoms with Crippen LogP contribution < -0.4 is 24.8 Å². The smallest absolute Gasteiger partial charge is 0.246 e. The van der Waals surface area contributed by atoms with Gasteiger partial charge in [-0.15, -0.1) is 0 Å². The molecule has 0 saturated heterocycles. The molecule has 1 aliphatic heterocycles. The van der Waals surface area contributed by atoms with Gasteiger partial charge in [-0.1, -0.05) is 31.0 Å². The minimum absolute atomic E-state index is 0.0206. The fourth-order valence-electron chi connectivity index (χ4n) is 6.87. The monoisotopic (exact) mass is 686 g/mol. The Labute approximate surface area is 294 Å². The molecular formula is C39H50N4O7. The third-order valence-corrected chi connectivity index (χ3v) is 9.62. The van der Waals surface area contributed by atoms with Gasteiger partial charge in [-0.05, 0) is 99.0 Å². The van der Waals surface area contributed by atoms with E-state index in [0.29, 0.717) is 43.2 Å². The van der Waals surface area contributed by atoms with Crippen molar-refractivity contribution >= 4 is 23.7 Å². The van der Waals surface area contributed by atoms with E-state index >= 15 is 0 Å². The SMILES string of the molecule is COc1ccc(C2=NN(CCCCCOc3ccc(CC(C)NCC(O)c4ccc(O)c(NC=O)c4)cc3)C(=O)C3CCCCC23)cc1OC. The molecule has 268 valence electrons. The highest BCUT2D eigenvalue weighted by Crippen LogP contribution is 2.39. The molecule has 4 atom stereocenters. The number of methoxy groups -OCH3 is 2. The number of aliphatic hydroxyl groups is 1. The molecule has 2 aliphatic rings. The van der Waals surface area contributed by atoms with Gasteiger partial charge in [0.05, 0.1) is 38.3 Å².